The van der Waals surface area contributed by atoms with E-state index in [1.54, 1.807) is 4.90 Å². The van der Waals surface area contributed by atoms with E-state index in [2.05, 4.69) is 0 Å². The SMILES string of the molecule is CCN1CCC(=O)N2CCCCC2C1=O. The lowest BCUT2D eigenvalue weighted by molar-refractivity contribution is -0.143. The van der Waals surface area contributed by atoms with Gasteiger partial charge in [0.05, 0.1) is 0 Å². The summed E-state index contributed by atoms with van der Waals surface area (Å²) in [4.78, 5) is 27.5. The summed E-state index contributed by atoms with van der Waals surface area (Å²) in [6.07, 6.45) is 3.45. The Hall–Kier alpha value is -1.06. The number of amides is 2. The second-order valence-electron chi connectivity index (χ2n) is 4.27. The van der Waals surface area contributed by atoms with E-state index in [0.29, 0.717) is 13.0 Å². The highest BCUT2D eigenvalue weighted by Gasteiger charge is 2.36. The largest absolute Gasteiger partial charge is 0.341 e. The van der Waals surface area contributed by atoms with Gasteiger partial charge in [-0.05, 0) is 26.2 Å². The van der Waals surface area contributed by atoms with E-state index >= 15 is 0 Å². The van der Waals surface area contributed by atoms with Crippen LogP contribution >= 0.6 is 0 Å². The molecule has 0 bridgehead atoms. The highest BCUT2D eigenvalue weighted by atomic mass is 16.2. The Balaban J connectivity index is 2.20. The van der Waals surface area contributed by atoms with Crippen molar-refractivity contribution in [2.45, 2.75) is 38.6 Å². The third-order valence-electron chi connectivity index (χ3n) is 3.40. The Morgan fingerprint density at radius 1 is 1.27 bits per heavy atom. The molecule has 4 heteroatoms. The lowest BCUT2D eigenvalue weighted by Crippen LogP contribution is -2.49. The van der Waals surface area contributed by atoms with Crippen molar-refractivity contribution < 1.29 is 9.59 Å². The molecule has 0 aromatic rings. The van der Waals surface area contributed by atoms with Crippen LogP contribution < -0.4 is 0 Å². The maximum Gasteiger partial charge on any atom is 0.245 e. The molecule has 1 atom stereocenters. The van der Waals surface area contributed by atoms with Crippen molar-refractivity contribution in [2.24, 2.45) is 0 Å². The number of piperidine rings is 1. The number of hydrogen-bond donors (Lipinski definition) is 0. The summed E-state index contributed by atoms with van der Waals surface area (Å²) in [6, 6.07) is -0.159. The number of fused-ring (bicyclic) bond motifs is 1. The Morgan fingerprint density at radius 2 is 2.07 bits per heavy atom. The van der Waals surface area contributed by atoms with Crippen LogP contribution in [0.4, 0.5) is 0 Å². The van der Waals surface area contributed by atoms with Crippen molar-refractivity contribution in [1.29, 1.82) is 0 Å². The fourth-order valence-electron chi connectivity index (χ4n) is 2.50. The van der Waals surface area contributed by atoms with Gasteiger partial charge in [-0.1, -0.05) is 0 Å². The first-order chi connectivity index (χ1) is 7.24. The van der Waals surface area contributed by atoms with Gasteiger partial charge in [0, 0.05) is 26.1 Å². The molecule has 15 heavy (non-hydrogen) atoms. The van der Waals surface area contributed by atoms with E-state index in [1.165, 1.54) is 0 Å². The highest BCUT2D eigenvalue weighted by Crippen LogP contribution is 2.22. The van der Waals surface area contributed by atoms with Crippen molar-refractivity contribution in [3.05, 3.63) is 0 Å². The molecule has 0 aromatic carbocycles. The summed E-state index contributed by atoms with van der Waals surface area (Å²) >= 11 is 0. The molecule has 0 spiro atoms. The first-order valence-electron chi connectivity index (χ1n) is 5.82. The van der Waals surface area contributed by atoms with Gasteiger partial charge < -0.3 is 9.80 Å². The molecule has 2 amide bonds. The molecular formula is C11H18N2O2. The van der Waals surface area contributed by atoms with Crippen molar-refractivity contribution in [2.75, 3.05) is 19.6 Å². The minimum absolute atomic E-state index is 0.156. The minimum Gasteiger partial charge on any atom is -0.341 e. The Morgan fingerprint density at radius 3 is 2.80 bits per heavy atom. The monoisotopic (exact) mass is 210 g/mol. The molecule has 0 aromatic heterocycles. The van der Waals surface area contributed by atoms with Crippen LogP contribution in [0.15, 0.2) is 0 Å². The predicted octanol–water partition coefficient (Wildman–Crippen LogP) is 0.620. The number of hydrogen-bond acceptors (Lipinski definition) is 2. The van der Waals surface area contributed by atoms with Gasteiger partial charge >= 0.3 is 0 Å². The van der Waals surface area contributed by atoms with Gasteiger partial charge in [0.1, 0.15) is 6.04 Å². The molecule has 84 valence electrons. The van der Waals surface area contributed by atoms with Crippen LogP contribution in [-0.2, 0) is 9.59 Å². The molecule has 0 saturated carbocycles. The molecule has 2 fully saturated rings. The number of likely N-dealkylation sites (N-methyl/N-ethyl adjacent to an activating group) is 1. The molecule has 2 aliphatic rings. The maximum absolute atomic E-state index is 12.1. The van der Waals surface area contributed by atoms with Crippen LogP contribution in [0, 0.1) is 0 Å². The van der Waals surface area contributed by atoms with Gasteiger partial charge in [-0.15, -0.1) is 0 Å². The van der Waals surface area contributed by atoms with Crippen molar-refractivity contribution >= 4 is 11.8 Å². The van der Waals surface area contributed by atoms with E-state index in [0.717, 1.165) is 32.4 Å². The normalized spacial score (nSPS) is 27.7. The van der Waals surface area contributed by atoms with E-state index in [9.17, 15) is 9.59 Å². The number of carbonyl (C=O) groups is 2. The molecule has 0 aliphatic carbocycles. The third-order valence-corrected chi connectivity index (χ3v) is 3.40. The Bertz CT molecular complexity index is 278. The summed E-state index contributed by atoms with van der Waals surface area (Å²) in [5.74, 6) is 0.312. The van der Waals surface area contributed by atoms with Crippen LogP contribution in [0.25, 0.3) is 0 Å². The minimum atomic E-state index is -0.159. The summed E-state index contributed by atoms with van der Waals surface area (Å²) in [7, 11) is 0. The van der Waals surface area contributed by atoms with E-state index < -0.39 is 0 Å². The molecule has 2 heterocycles. The molecule has 1 unspecified atom stereocenters. The molecule has 0 radical (unpaired) electrons. The lowest BCUT2D eigenvalue weighted by atomic mass is 10.0. The van der Waals surface area contributed by atoms with Crippen molar-refractivity contribution in [3.63, 3.8) is 0 Å². The lowest BCUT2D eigenvalue weighted by Gasteiger charge is -2.34. The van der Waals surface area contributed by atoms with E-state index in [1.807, 2.05) is 11.8 Å². The van der Waals surface area contributed by atoms with Gasteiger partial charge in [-0.3, -0.25) is 9.59 Å². The molecule has 0 N–H and O–H groups in total. The molecule has 2 rings (SSSR count). The standard InChI is InChI=1S/C11H18N2O2/c1-2-12-8-6-10(14)13-7-4-3-5-9(13)11(12)15/h9H,2-8H2,1H3. The van der Waals surface area contributed by atoms with Crippen molar-refractivity contribution in [1.82, 2.24) is 9.80 Å². The molecule has 2 aliphatic heterocycles. The van der Waals surface area contributed by atoms with Gasteiger partial charge in [0.2, 0.25) is 11.8 Å². The Kier molecular flexibility index (Phi) is 2.93. The van der Waals surface area contributed by atoms with Crippen LogP contribution in [0.3, 0.4) is 0 Å². The topological polar surface area (TPSA) is 40.6 Å². The smallest absolute Gasteiger partial charge is 0.245 e. The van der Waals surface area contributed by atoms with E-state index in [4.69, 9.17) is 0 Å². The third kappa shape index (κ3) is 1.85. The average molecular weight is 210 g/mol. The first kappa shape index (κ1) is 10.5. The second kappa shape index (κ2) is 4.21. The van der Waals surface area contributed by atoms with Gasteiger partial charge in [0.25, 0.3) is 0 Å². The summed E-state index contributed by atoms with van der Waals surface area (Å²) in [5.41, 5.74) is 0. The zero-order valence-electron chi connectivity index (χ0n) is 9.24. The Labute approximate surface area is 90.2 Å². The molecular weight excluding hydrogens is 192 g/mol. The quantitative estimate of drug-likeness (QED) is 0.636. The molecule has 4 nitrogen and oxygen atoms in total. The predicted molar refractivity (Wildman–Crippen MR) is 56.2 cm³/mol. The average Bonchev–Trinajstić information content (AvgIpc) is 2.39. The van der Waals surface area contributed by atoms with Crippen LogP contribution in [0.5, 0.6) is 0 Å². The zero-order valence-corrected chi connectivity index (χ0v) is 9.24. The van der Waals surface area contributed by atoms with Crippen LogP contribution in [-0.4, -0.2) is 47.3 Å². The summed E-state index contributed by atoms with van der Waals surface area (Å²) in [6.45, 7) is 4.06. The van der Waals surface area contributed by atoms with E-state index in [-0.39, 0.29) is 17.9 Å². The number of carbonyl (C=O) groups excluding carboxylic acids is 2. The van der Waals surface area contributed by atoms with Gasteiger partial charge in [0.15, 0.2) is 0 Å². The first-order valence-corrected chi connectivity index (χ1v) is 5.82. The van der Waals surface area contributed by atoms with Gasteiger partial charge in [-0.25, -0.2) is 0 Å². The summed E-state index contributed by atoms with van der Waals surface area (Å²) < 4.78 is 0. The van der Waals surface area contributed by atoms with Crippen LogP contribution in [0.2, 0.25) is 0 Å². The highest BCUT2D eigenvalue weighted by molar-refractivity contribution is 5.90. The van der Waals surface area contributed by atoms with Gasteiger partial charge in [-0.2, -0.15) is 0 Å². The second-order valence-corrected chi connectivity index (χ2v) is 4.27. The fourth-order valence-corrected chi connectivity index (χ4v) is 2.50. The van der Waals surface area contributed by atoms with Crippen LogP contribution in [0.1, 0.15) is 32.6 Å². The zero-order chi connectivity index (χ0) is 10.8. The summed E-state index contributed by atoms with van der Waals surface area (Å²) in [5, 5.41) is 0. The maximum atomic E-state index is 12.1. The number of rotatable bonds is 1. The van der Waals surface area contributed by atoms with Crippen molar-refractivity contribution in [3.8, 4) is 0 Å². The number of nitrogens with zero attached hydrogens (tertiary/aromatic N) is 2. The molecule has 2 saturated heterocycles. The fraction of sp³-hybridized carbons (Fsp3) is 0.818.